The van der Waals surface area contributed by atoms with Crippen LogP contribution in [-0.4, -0.2) is 57.8 Å². The molecule has 0 unspecified atom stereocenters. The molecule has 29 heavy (non-hydrogen) atoms. The smallest absolute Gasteiger partial charge is 0.302 e. The molecule has 6 rings (SSSR count). The molecule has 2 saturated heterocycles. The van der Waals surface area contributed by atoms with Gasteiger partial charge in [0, 0.05) is 18.8 Å². The van der Waals surface area contributed by atoms with E-state index in [1.54, 1.807) is 0 Å². The molecule has 0 aromatic heterocycles. The Morgan fingerprint density at radius 3 is 2.66 bits per heavy atom. The van der Waals surface area contributed by atoms with Crippen molar-refractivity contribution in [3.8, 4) is 0 Å². The summed E-state index contributed by atoms with van der Waals surface area (Å²) in [6.07, 6.45) is 0.240. The Kier molecular flexibility index (Phi) is 3.60. The molecule has 4 bridgehead atoms. The Balaban J connectivity index is 1.82. The number of carbonyl (C=O) groups is 2. The van der Waals surface area contributed by atoms with Crippen molar-refractivity contribution in [3.05, 3.63) is 23.8 Å². The van der Waals surface area contributed by atoms with E-state index in [0.29, 0.717) is 24.8 Å². The molecule has 3 saturated carbocycles. The highest BCUT2D eigenvalue weighted by atomic mass is 16.6. The molecule has 7 nitrogen and oxygen atoms in total. The van der Waals surface area contributed by atoms with Crippen LogP contribution in [0.3, 0.4) is 0 Å². The minimum absolute atomic E-state index is 0.0112. The highest BCUT2D eigenvalue weighted by Gasteiger charge is 2.85. The number of ketones is 1. The summed E-state index contributed by atoms with van der Waals surface area (Å²) in [4.78, 5) is 25.4. The fourth-order valence-electron chi connectivity index (χ4n) is 7.51. The van der Waals surface area contributed by atoms with Crippen LogP contribution in [0.15, 0.2) is 23.8 Å². The predicted molar refractivity (Wildman–Crippen MR) is 100 cm³/mol. The number of hydrogen-bond donors (Lipinski definition) is 3. The minimum atomic E-state index is -2.25. The van der Waals surface area contributed by atoms with Crippen molar-refractivity contribution < 1.29 is 34.4 Å². The zero-order chi connectivity index (χ0) is 21.1. The van der Waals surface area contributed by atoms with Crippen molar-refractivity contribution in [3.63, 3.8) is 0 Å². The predicted octanol–water partition coefficient (Wildman–Crippen LogP) is 0.866. The lowest BCUT2D eigenvalue weighted by Crippen LogP contribution is -2.83. The number of aliphatic hydroxyl groups is 3. The van der Waals surface area contributed by atoms with Gasteiger partial charge in [-0.1, -0.05) is 26.5 Å². The number of rotatable bonds is 1. The molecule has 0 radical (unpaired) electrons. The van der Waals surface area contributed by atoms with Crippen LogP contribution in [0, 0.1) is 28.1 Å². The van der Waals surface area contributed by atoms with Crippen molar-refractivity contribution in [2.45, 2.75) is 64.1 Å². The van der Waals surface area contributed by atoms with Gasteiger partial charge in [-0.05, 0) is 35.8 Å². The van der Waals surface area contributed by atoms with Gasteiger partial charge in [-0.3, -0.25) is 9.59 Å². The molecule has 3 N–H and O–H groups in total. The van der Waals surface area contributed by atoms with Crippen LogP contribution in [0.2, 0.25) is 0 Å². The van der Waals surface area contributed by atoms with Gasteiger partial charge in [-0.2, -0.15) is 0 Å². The van der Waals surface area contributed by atoms with Gasteiger partial charge in [-0.25, -0.2) is 0 Å². The van der Waals surface area contributed by atoms with E-state index in [-0.39, 0.29) is 12.2 Å². The summed E-state index contributed by atoms with van der Waals surface area (Å²) in [6.45, 7) is 9.25. The zero-order valence-corrected chi connectivity index (χ0v) is 17.0. The largest absolute Gasteiger partial charge is 0.462 e. The van der Waals surface area contributed by atoms with E-state index in [4.69, 9.17) is 9.47 Å². The molecule has 0 aromatic carbocycles. The fourth-order valence-corrected chi connectivity index (χ4v) is 7.51. The second kappa shape index (κ2) is 5.38. The van der Waals surface area contributed by atoms with Crippen molar-refractivity contribution in [2.75, 3.05) is 6.61 Å². The first-order valence-corrected chi connectivity index (χ1v) is 10.3. The topological polar surface area (TPSA) is 113 Å². The van der Waals surface area contributed by atoms with E-state index in [2.05, 4.69) is 6.58 Å². The van der Waals surface area contributed by atoms with E-state index in [0.717, 1.165) is 0 Å². The number of fused-ring (bicyclic) bond motifs is 2. The number of carbonyl (C=O) groups excluding carboxylic acids is 2. The van der Waals surface area contributed by atoms with Crippen LogP contribution >= 0.6 is 0 Å². The molecule has 7 heteroatoms. The highest BCUT2D eigenvalue weighted by molar-refractivity contribution is 6.07. The molecule has 0 aromatic rings. The van der Waals surface area contributed by atoms with Crippen molar-refractivity contribution in [1.82, 2.24) is 0 Å². The van der Waals surface area contributed by atoms with Gasteiger partial charge in [-0.15, -0.1) is 0 Å². The summed E-state index contributed by atoms with van der Waals surface area (Å²) in [7, 11) is 0. The van der Waals surface area contributed by atoms with Gasteiger partial charge >= 0.3 is 5.97 Å². The maximum Gasteiger partial charge on any atom is 0.302 e. The number of hydrogen-bond acceptors (Lipinski definition) is 7. The van der Waals surface area contributed by atoms with E-state index in [9.17, 15) is 24.9 Å². The Hall–Kier alpha value is -1.54. The lowest BCUT2D eigenvalue weighted by Gasteiger charge is -2.72. The molecule has 8 atom stereocenters. The molecule has 2 aliphatic heterocycles. The van der Waals surface area contributed by atoms with Crippen molar-refractivity contribution in [2.24, 2.45) is 28.1 Å². The first kappa shape index (κ1) is 19.4. The summed E-state index contributed by atoms with van der Waals surface area (Å²) in [6, 6.07) is 0. The maximum atomic E-state index is 13.5. The van der Waals surface area contributed by atoms with Crippen LogP contribution < -0.4 is 0 Å². The number of aliphatic hydroxyl groups excluding tert-OH is 2. The van der Waals surface area contributed by atoms with Gasteiger partial charge in [0.15, 0.2) is 5.78 Å². The van der Waals surface area contributed by atoms with Crippen LogP contribution in [0.25, 0.3) is 0 Å². The first-order chi connectivity index (χ1) is 13.5. The molecule has 6 aliphatic rings. The normalized spacial score (nSPS) is 51.9. The average Bonchev–Trinajstić information content (AvgIpc) is 2.74. The number of allylic oxidation sites excluding steroid dienone is 1. The summed E-state index contributed by atoms with van der Waals surface area (Å²) in [5.41, 5.74) is -2.42. The molecule has 158 valence electrons. The maximum absolute atomic E-state index is 13.5. The molecular formula is C22H28O7. The minimum Gasteiger partial charge on any atom is -0.462 e. The molecule has 2 spiro atoms. The van der Waals surface area contributed by atoms with E-state index in [1.807, 2.05) is 19.9 Å². The molecule has 0 amide bonds. The van der Waals surface area contributed by atoms with Crippen molar-refractivity contribution in [1.29, 1.82) is 0 Å². The average molecular weight is 404 g/mol. The van der Waals surface area contributed by atoms with Crippen LogP contribution in [0.5, 0.6) is 0 Å². The number of Topliss-reactive ketones (excluding diaryl/α,β-unsaturated/α-hetero) is 1. The third-order valence-electron chi connectivity index (χ3n) is 8.57. The summed E-state index contributed by atoms with van der Waals surface area (Å²) < 4.78 is 11.6. The fraction of sp³-hybridized carbons (Fsp3) is 0.727. The number of ether oxygens (including phenoxy) is 2. The van der Waals surface area contributed by atoms with Gasteiger partial charge in [0.2, 0.25) is 5.79 Å². The molecule has 5 fully saturated rings. The van der Waals surface area contributed by atoms with Gasteiger partial charge < -0.3 is 24.8 Å². The van der Waals surface area contributed by atoms with Gasteiger partial charge in [0.1, 0.15) is 17.6 Å². The highest BCUT2D eigenvalue weighted by Crippen LogP contribution is 2.75. The lowest BCUT2D eigenvalue weighted by molar-refractivity contribution is -0.411. The Morgan fingerprint density at radius 1 is 1.31 bits per heavy atom. The van der Waals surface area contributed by atoms with Crippen LogP contribution in [0.4, 0.5) is 0 Å². The molecule has 4 aliphatic carbocycles. The molecule has 2 heterocycles. The quantitative estimate of drug-likeness (QED) is 0.338. The monoisotopic (exact) mass is 404 g/mol. The first-order valence-electron chi connectivity index (χ1n) is 10.3. The second-order valence-corrected chi connectivity index (χ2v) is 10.1. The standard InChI is InChI=1S/C22H28O7/c1-10-12-5-6-13-20-9-28-22(27,21(13,16(10)24)17(12)25)18(26)15(20)19(3,4)8-7-14(20)29-11(2)23/h6,12,14-15,17-18,25-27H,1,5,7-9H2,2-4H3/t12-,14-,15+,17+,18-,20+,21-,22-/m0/s1. The summed E-state index contributed by atoms with van der Waals surface area (Å²) in [5, 5.41) is 34.4. The Labute approximate surface area is 169 Å². The second-order valence-electron chi connectivity index (χ2n) is 10.1. The van der Waals surface area contributed by atoms with Gasteiger partial charge in [0.05, 0.1) is 18.1 Å². The third-order valence-corrected chi connectivity index (χ3v) is 8.57. The number of esters is 1. The zero-order valence-electron chi connectivity index (χ0n) is 17.0. The van der Waals surface area contributed by atoms with E-state index >= 15 is 0 Å². The van der Waals surface area contributed by atoms with E-state index < -0.39 is 63.9 Å². The van der Waals surface area contributed by atoms with Gasteiger partial charge in [0.25, 0.3) is 0 Å². The van der Waals surface area contributed by atoms with Crippen LogP contribution in [-0.2, 0) is 19.1 Å². The summed E-state index contributed by atoms with van der Waals surface area (Å²) in [5.74, 6) is -4.22. The third kappa shape index (κ3) is 1.81. The molecular weight excluding hydrogens is 376 g/mol. The van der Waals surface area contributed by atoms with E-state index in [1.165, 1.54) is 6.92 Å². The summed E-state index contributed by atoms with van der Waals surface area (Å²) >= 11 is 0. The Bertz CT molecular complexity index is 874. The SMILES string of the molecule is C=C1C(=O)[C@@]23C(=CC[C@@H]1[C@H]2O)[C@@]12CO[C@@]3(O)[C@@H](O)[C@@H]1C(C)(C)CC[C@@H]2OC(C)=O. The van der Waals surface area contributed by atoms with Crippen LogP contribution in [0.1, 0.15) is 40.0 Å². The lowest BCUT2D eigenvalue weighted by atomic mass is 9.38. The van der Waals surface area contributed by atoms with Crippen molar-refractivity contribution >= 4 is 11.8 Å². The Morgan fingerprint density at radius 2 is 2.00 bits per heavy atom.